The first-order valence-electron chi connectivity index (χ1n) is 6.12. The summed E-state index contributed by atoms with van der Waals surface area (Å²) >= 11 is 5.23. The molecule has 0 heterocycles. The third kappa shape index (κ3) is 5.55. The van der Waals surface area contributed by atoms with Crippen molar-refractivity contribution in [2.24, 2.45) is 0 Å². The Hall–Kier alpha value is -0.520. The highest BCUT2D eigenvalue weighted by Gasteiger charge is 2.11. The molecule has 0 radical (unpaired) electrons. The second kappa shape index (κ2) is 8.61. The van der Waals surface area contributed by atoms with E-state index in [1.54, 1.807) is 7.11 Å². The molecular weight excluding hydrogens is 326 g/mol. The van der Waals surface area contributed by atoms with Crippen molar-refractivity contribution in [3.63, 3.8) is 0 Å². The second-order valence-corrected chi connectivity index (χ2v) is 6.20. The van der Waals surface area contributed by atoms with Crippen LogP contribution >= 0.6 is 27.7 Å². The van der Waals surface area contributed by atoms with E-state index in [2.05, 4.69) is 27.1 Å². The Bertz CT molecular complexity index is 426. The Kier molecular flexibility index (Phi) is 7.49. The van der Waals surface area contributed by atoms with Crippen LogP contribution in [0.1, 0.15) is 16.8 Å². The third-order valence-corrected chi connectivity index (χ3v) is 4.09. The summed E-state index contributed by atoms with van der Waals surface area (Å²) in [6, 6.07) is 5.43. The van der Waals surface area contributed by atoms with Crippen LogP contribution in [0.25, 0.3) is 0 Å². The summed E-state index contributed by atoms with van der Waals surface area (Å²) in [5.41, 5.74) is 0.712. The van der Waals surface area contributed by atoms with Crippen LogP contribution in [0.2, 0.25) is 0 Å². The Balaban J connectivity index is 2.55. The molecule has 1 rings (SSSR count). The normalized spacial score (nSPS) is 10.8. The molecule has 0 bridgehead atoms. The van der Waals surface area contributed by atoms with E-state index in [1.807, 2.05) is 37.0 Å². The summed E-state index contributed by atoms with van der Waals surface area (Å²) in [5, 5.41) is 0. The molecule has 0 saturated heterocycles. The number of hydrogen-bond acceptors (Lipinski definition) is 4. The average molecular weight is 346 g/mol. The first kappa shape index (κ1) is 16.5. The Morgan fingerprint density at radius 3 is 2.79 bits per heavy atom. The van der Waals surface area contributed by atoms with Crippen LogP contribution in [0.4, 0.5) is 0 Å². The molecule has 0 aromatic heterocycles. The van der Waals surface area contributed by atoms with Gasteiger partial charge in [0.25, 0.3) is 0 Å². The molecule has 3 nitrogen and oxygen atoms in total. The van der Waals surface area contributed by atoms with E-state index in [9.17, 15) is 4.79 Å². The molecule has 0 amide bonds. The Morgan fingerprint density at radius 2 is 2.21 bits per heavy atom. The van der Waals surface area contributed by atoms with Crippen LogP contribution in [0.15, 0.2) is 22.7 Å². The largest absolute Gasteiger partial charge is 0.496 e. The van der Waals surface area contributed by atoms with Gasteiger partial charge in [-0.2, -0.15) is 11.8 Å². The van der Waals surface area contributed by atoms with Gasteiger partial charge in [-0.15, -0.1) is 0 Å². The standard InChI is InChI=1S/C14H20BrNO2S/c1-16(7-4-8-19-3)10-13(17)11-5-6-14(18-2)12(15)9-11/h5-6,9H,4,7-8,10H2,1-3H3. The Morgan fingerprint density at radius 1 is 1.47 bits per heavy atom. The van der Waals surface area contributed by atoms with E-state index in [4.69, 9.17) is 4.74 Å². The number of benzene rings is 1. The second-order valence-electron chi connectivity index (χ2n) is 4.36. The monoisotopic (exact) mass is 345 g/mol. The summed E-state index contributed by atoms with van der Waals surface area (Å²) in [4.78, 5) is 14.2. The smallest absolute Gasteiger partial charge is 0.176 e. The summed E-state index contributed by atoms with van der Waals surface area (Å²) in [6.45, 7) is 1.40. The number of halogens is 1. The summed E-state index contributed by atoms with van der Waals surface area (Å²) < 4.78 is 5.97. The lowest BCUT2D eigenvalue weighted by Crippen LogP contribution is -2.27. The molecule has 0 N–H and O–H groups in total. The molecule has 106 valence electrons. The van der Waals surface area contributed by atoms with Crippen molar-refractivity contribution < 1.29 is 9.53 Å². The van der Waals surface area contributed by atoms with E-state index in [0.29, 0.717) is 12.1 Å². The molecule has 0 unspecified atom stereocenters. The fourth-order valence-electron chi connectivity index (χ4n) is 1.73. The van der Waals surface area contributed by atoms with Crippen molar-refractivity contribution in [2.75, 3.05) is 39.3 Å². The number of hydrogen-bond donors (Lipinski definition) is 0. The van der Waals surface area contributed by atoms with Crippen molar-refractivity contribution in [3.05, 3.63) is 28.2 Å². The fourth-order valence-corrected chi connectivity index (χ4v) is 2.69. The lowest BCUT2D eigenvalue weighted by molar-refractivity contribution is 0.0946. The maximum absolute atomic E-state index is 12.1. The first-order valence-corrected chi connectivity index (χ1v) is 8.31. The minimum atomic E-state index is 0.134. The van der Waals surface area contributed by atoms with Gasteiger partial charge in [0.1, 0.15) is 5.75 Å². The molecule has 0 fully saturated rings. The number of carbonyl (C=O) groups excluding carboxylic acids is 1. The highest BCUT2D eigenvalue weighted by molar-refractivity contribution is 9.10. The molecular formula is C14H20BrNO2S. The maximum Gasteiger partial charge on any atom is 0.176 e. The summed E-state index contributed by atoms with van der Waals surface area (Å²) in [6.07, 6.45) is 3.21. The van der Waals surface area contributed by atoms with Crippen molar-refractivity contribution in [2.45, 2.75) is 6.42 Å². The predicted molar refractivity (Wildman–Crippen MR) is 85.5 cm³/mol. The fraction of sp³-hybridized carbons (Fsp3) is 0.500. The number of ether oxygens (including phenoxy) is 1. The molecule has 5 heteroatoms. The van der Waals surface area contributed by atoms with E-state index in [-0.39, 0.29) is 5.78 Å². The highest BCUT2D eigenvalue weighted by Crippen LogP contribution is 2.25. The van der Waals surface area contributed by atoms with E-state index >= 15 is 0 Å². The molecule has 0 aliphatic heterocycles. The molecule has 0 aliphatic rings. The van der Waals surface area contributed by atoms with Crippen LogP contribution in [0, 0.1) is 0 Å². The van der Waals surface area contributed by atoms with Crippen LogP contribution in [0.3, 0.4) is 0 Å². The van der Waals surface area contributed by atoms with Gasteiger partial charge in [-0.05, 0) is 66.2 Å². The van der Waals surface area contributed by atoms with Gasteiger partial charge in [-0.1, -0.05) is 0 Å². The number of likely N-dealkylation sites (N-methyl/N-ethyl adjacent to an activating group) is 1. The number of ketones is 1. The lowest BCUT2D eigenvalue weighted by Gasteiger charge is -2.15. The molecule has 0 spiro atoms. The summed E-state index contributed by atoms with van der Waals surface area (Å²) in [7, 11) is 3.60. The quantitative estimate of drug-likeness (QED) is 0.533. The Labute approximate surface area is 127 Å². The number of carbonyl (C=O) groups is 1. The van der Waals surface area contributed by atoms with Crippen molar-refractivity contribution in [1.82, 2.24) is 4.90 Å². The van der Waals surface area contributed by atoms with Crippen LogP contribution in [-0.4, -0.2) is 49.9 Å². The third-order valence-electron chi connectivity index (χ3n) is 2.78. The van der Waals surface area contributed by atoms with Gasteiger partial charge in [0.2, 0.25) is 0 Å². The van der Waals surface area contributed by atoms with Gasteiger partial charge in [0, 0.05) is 5.56 Å². The minimum absolute atomic E-state index is 0.134. The molecule has 1 aromatic carbocycles. The van der Waals surface area contributed by atoms with Gasteiger partial charge >= 0.3 is 0 Å². The lowest BCUT2D eigenvalue weighted by atomic mass is 10.1. The van der Waals surface area contributed by atoms with Gasteiger partial charge in [0.15, 0.2) is 5.78 Å². The highest BCUT2D eigenvalue weighted by atomic mass is 79.9. The maximum atomic E-state index is 12.1. The molecule has 0 saturated carbocycles. The summed E-state index contributed by atoms with van der Waals surface area (Å²) in [5.74, 6) is 2.01. The average Bonchev–Trinajstić information content (AvgIpc) is 2.38. The number of methoxy groups -OCH3 is 1. The zero-order chi connectivity index (χ0) is 14.3. The molecule has 19 heavy (non-hydrogen) atoms. The topological polar surface area (TPSA) is 29.5 Å². The van der Waals surface area contributed by atoms with E-state index < -0.39 is 0 Å². The van der Waals surface area contributed by atoms with Gasteiger partial charge in [0.05, 0.1) is 18.1 Å². The minimum Gasteiger partial charge on any atom is -0.496 e. The van der Waals surface area contributed by atoms with Crippen LogP contribution in [0.5, 0.6) is 5.75 Å². The number of rotatable bonds is 8. The molecule has 1 aromatic rings. The molecule has 0 aliphatic carbocycles. The number of nitrogens with zero attached hydrogens (tertiary/aromatic N) is 1. The first-order chi connectivity index (χ1) is 9.08. The molecule has 0 atom stereocenters. The van der Waals surface area contributed by atoms with Gasteiger partial charge in [-0.25, -0.2) is 0 Å². The van der Waals surface area contributed by atoms with Gasteiger partial charge < -0.3 is 4.74 Å². The van der Waals surface area contributed by atoms with Gasteiger partial charge in [-0.3, -0.25) is 9.69 Å². The van der Waals surface area contributed by atoms with E-state index in [0.717, 1.165) is 28.9 Å². The van der Waals surface area contributed by atoms with Crippen LogP contribution < -0.4 is 4.74 Å². The SMILES string of the molecule is COc1ccc(C(=O)CN(C)CCCSC)cc1Br. The van der Waals surface area contributed by atoms with Crippen LogP contribution in [-0.2, 0) is 0 Å². The predicted octanol–water partition coefficient (Wildman–Crippen LogP) is 3.33. The van der Waals surface area contributed by atoms with Crippen molar-refractivity contribution in [3.8, 4) is 5.75 Å². The zero-order valence-electron chi connectivity index (χ0n) is 11.6. The van der Waals surface area contributed by atoms with Crippen molar-refractivity contribution in [1.29, 1.82) is 0 Å². The number of thioether (sulfide) groups is 1. The van der Waals surface area contributed by atoms with E-state index in [1.165, 1.54) is 0 Å². The number of Topliss-reactive ketones (excluding diaryl/α,β-unsaturated/α-hetero) is 1. The van der Waals surface area contributed by atoms with Crippen molar-refractivity contribution >= 4 is 33.5 Å². The zero-order valence-corrected chi connectivity index (χ0v) is 14.0.